The minimum Gasteiger partial charge on any atom is -0.364 e. The minimum atomic E-state index is -0.516. The minimum absolute atomic E-state index is 0.0425. The Hall–Kier alpha value is -4.99. The Kier molecular flexibility index (Phi) is 10.5. The second-order valence-electron chi connectivity index (χ2n) is 13.9. The summed E-state index contributed by atoms with van der Waals surface area (Å²) in [4.78, 5) is 46.2. The van der Waals surface area contributed by atoms with Gasteiger partial charge in [0.15, 0.2) is 34.9 Å². The molecule has 0 radical (unpaired) electrons. The van der Waals surface area contributed by atoms with E-state index in [-0.39, 0.29) is 35.5 Å². The maximum Gasteiger partial charge on any atom is 0.225 e. The highest BCUT2D eigenvalue weighted by Crippen LogP contribution is 2.32. The smallest absolute Gasteiger partial charge is 0.225 e. The second kappa shape index (κ2) is 15.8. The molecule has 1 amide bonds. The molecule has 2 aliphatic heterocycles. The van der Waals surface area contributed by atoms with Crippen molar-refractivity contribution in [3.63, 3.8) is 0 Å². The molecule has 6 aromatic rings. The van der Waals surface area contributed by atoms with Crippen molar-refractivity contribution in [2.24, 2.45) is 5.92 Å². The number of nitrogens with zero attached hydrogens (tertiary/aromatic N) is 7. The third-order valence-corrected chi connectivity index (χ3v) is 10.5. The fourth-order valence-electron chi connectivity index (χ4n) is 7.09. The number of anilines is 2. The van der Waals surface area contributed by atoms with Crippen molar-refractivity contribution < 1.29 is 13.6 Å². The van der Waals surface area contributed by atoms with E-state index in [4.69, 9.17) is 23.2 Å². The molecular weight excluding hydrogens is 737 g/mol. The second-order valence-corrected chi connectivity index (χ2v) is 14.7. The molecule has 1 saturated carbocycles. The number of nitrogens with one attached hydrogen (secondary N) is 5. The molecule has 5 N–H and O–H groups in total. The number of amides is 1. The molecular formula is C37H38Cl2F2N12O. The average Bonchev–Trinajstić information content (AvgIpc) is 3.77. The molecule has 2 saturated heterocycles. The molecule has 0 unspecified atom stereocenters. The summed E-state index contributed by atoms with van der Waals surface area (Å²) in [6.07, 6.45) is 15.9. The van der Waals surface area contributed by atoms with Crippen LogP contribution in [0.2, 0.25) is 10.0 Å². The first-order valence-electron chi connectivity index (χ1n) is 18.1. The van der Waals surface area contributed by atoms with E-state index in [2.05, 4.69) is 55.8 Å². The lowest BCUT2D eigenvalue weighted by molar-refractivity contribution is -0.139. The third kappa shape index (κ3) is 7.79. The van der Waals surface area contributed by atoms with Gasteiger partial charge in [-0.3, -0.25) is 4.79 Å². The summed E-state index contributed by atoms with van der Waals surface area (Å²) in [6, 6.07) is 3.69. The Morgan fingerprint density at radius 2 is 1.31 bits per heavy atom. The van der Waals surface area contributed by atoms with Gasteiger partial charge in [-0.2, -0.15) is 0 Å². The van der Waals surface area contributed by atoms with Crippen LogP contribution in [0, 0.1) is 17.6 Å². The van der Waals surface area contributed by atoms with E-state index < -0.39 is 11.6 Å². The molecule has 1 aliphatic carbocycles. The number of hydrogen-bond donors (Lipinski definition) is 5. The molecule has 3 fully saturated rings. The van der Waals surface area contributed by atoms with Gasteiger partial charge < -0.3 is 30.8 Å². The molecule has 8 heterocycles. The van der Waals surface area contributed by atoms with Gasteiger partial charge in [0.25, 0.3) is 0 Å². The van der Waals surface area contributed by atoms with Crippen molar-refractivity contribution in [1.82, 2.24) is 50.1 Å². The topological polar surface area (TPSA) is 165 Å². The van der Waals surface area contributed by atoms with Gasteiger partial charge in [0.2, 0.25) is 5.91 Å². The van der Waals surface area contributed by atoms with E-state index in [9.17, 15) is 13.6 Å². The lowest BCUT2D eigenvalue weighted by Crippen LogP contribution is -2.48. The van der Waals surface area contributed by atoms with Crippen LogP contribution in [0.4, 0.5) is 20.4 Å². The fourth-order valence-corrected chi connectivity index (χ4v) is 7.41. The molecule has 54 heavy (non-hydrogen) atoms. The predicted molar refractivity (Wildman–Crippen MR) is 204 cm³/mol. The third-order valence-electron chi connectivity index (χ3n) is 10.1. The van der Waals surface area contributed by atoms with E-state index in [0.29, 0.717) is 45.1 Å². The first-order chi connectivity index (χ1) is 26.3. The zero-order chi connectivity index (χ0) is 37.2. The van der Waals surface area contributed by atoms with E-state index in [0.717, 1.165) is 80.9 Å². The summed E-state index contributed by atoms with van der Waals surface area (Å²) >= 11 is 12.1. The van der Waals surface area contributed by atoms with Crippen LogP contribution in [0.3, 0.4) is 0 Å². The number of aromatic nitrogens is 8. The van der Waals surface area contributed by atoms with E-state index in [1.807, 2.05) is 4.90 Å². The quantitative estimate of drug-likeness (QED) is 0.114. The van der Waals surface area contributed by atoms with E-state index in [1.54, 1.807) is 36.9 Å². The number of piperidine rings is 2. The highest BCUT2D eigenvalue weighted by Gasteiger charge is 2.32. The van der Waals surface area contributed by atoms with Crippen LogP contribution in [0.25, 0.3) is 44.8 Å². The first kappa shape index (κ1) is 36.0. The maximum absolute atomic E-state index is 14.5. The number of fused-ring (bicyclic) bond motifs is 2. The molecule has 0 spiro atoms. The Labute approximate surface area is 319 Å². The normalized spacial score (nSPS) is 18.9. The molecule has 0 aromatic carbocycles. The lowest BCUT2D eigenvalue weighted by Gasteiger charge is -2.37. The summed E-state index contributed by atoms with van der Waals surface area (Å²) in [5.74, 6) is 0.612. The molecule has 280 valence electrons. The summed E-state index contributed by atoms with van der Waals surface area (Å²) in [5, 5.41) is 12.3. The molecule has 9 rings (SSSR count). The Morgan fingerprint density at radius 1 is 0.741 bits per heavy atom. The van der Waals surface area contributed by atoms with Gasteiger partial charge in [-0.05, 0) is 57.2 Å². The molecule has 6 aromatic heterocycles. The Morgan fingerprint density at radius 3 is 1.85 bits per heavy atom. The fraction of sp³-hybridized carbons (Fsp3) is 0.378. The zero-order valence-corrected chi connectivity index (χ0v) is 30.7. The lowest BCUT2D eigenvalue weighted by atomic mass is 9.84. The van der Waals surface area contributed by atoms with Crippen LogP contribution in [0.15, 0.2) is 49.3 Å². The average molecular weight is 776 g/mol. The van der Waals surface area contributed by atoms with Gasteiger partial charge in [0, 0.05) is 84.3 Å². The molecule has 2 atom stereocenters. The number of H-pyrrole nitrogens is 2. The monoisotopic (exact) mass is 774 g/mol. The van der Waals surface area contributed by atoms with Crippen LogP contribution >= 0.6 is 23.2 Å². The van der Waals surface area contributed by atoms with Gasteiger partial charge >= 0.3 is 0 Å². The number of rotatable bonds is 7. The number of hydrogen-bond acceptors (Lipinski definition) is 10. The van der Waals surface area contributed by atoms with Crippen LogP contribution in [0.5, 0.6) is 0 Å². The van der Waals surface area contributed by atoms with Crippen LogP contribution in [-0.2, 0) is 4.79 Å². The Bertz CT molecular complexity index is 2290. The van der Waals surface area contributed by atoms with Crippen LogP contribution < -0.4 is 16.0 Å². The molecule has 0 bridgehead atoms. The van der Waals surface area contributed by atoms with Crippen molar-refractivity contribution in [3.8, 4) is 22.8 Å². The van der Waals surface area contributed by atoms with Gasteiger partial charge in [0.05, 0.1) is 22.4 Å². The van der Waals surface area contributed by atoms with Gasteiger partial charge in [-0.15, -0.1) is 0 Å². The van der Waals surface area contributed by atoms with Crippen molar-refractivity contribution in [2.75, 3.05) is 36.8 Å². The number of carbonyl (C=O) groups excluding carboxylic acids is 1. The van der Waals surface area contributed by atoms with Gasteiger partial charge in [-0.1, -0.05) is 29.6 Å². The predicted octanol–water partition coefficient (Wildman–Crippen LogP) is 6.99. The molecule has 17 heteroatoms. The summed E-state index contributed by atoms with van der Waals surface area (Å²) in [7, 11) is 0. The van der Waals surface area contributed by atoms with Crippen molar-refractivity contribution in [2.45, 2.75) is 57.0 Å². The van der Waals surface area contributed by atoms with E-state index in [1.165, 1.54) is 12.4 Å². The number of halogens is 4. The number of aromatic amines is 2. The van der Waals surface area contributed by atoms with Gasteiger partial charge in [0.1, 0.15) is 11.3 Å². The number of likely N-dealkylation sites (tertiary alicyclic amines) is 1. The molecule has 13 nitrogen and oxygen atoms in total. The summed E-state index contributed by atoms with van der Waals surface area (Å²) in [5.41, 5.74) is 2.79. The standard InChI is InChI=1S/C21H22ClFN6O.C16H16ClFN6/c22-13-7-15-16(9-25-18(15)24-8-13)19-26-10-17(23)20(28-19)27-14-5-2-6-29(11-14)21(30)12-3-1-4-12;17-9-4-11-12(7-21-14(11)20-5-9)15-22-8-13(18)16(24-15)23-10-2-1-3-19-6-10/h7-10,12,14H,1-6,11H2,(H,24,25)(H,26,27,28);4-5,7-8,10,19H,1-3,6H2,(H,20,21)(H,22,23,24)/t14-;10-/m00/s1. The first-order valence-corrected chi connectivity index (χ1v) is 18.9. The summed E-state index contributed by atoms with van der Waals surface area (Å²) in [6.45, 7) is 3.14. The maximum atomic E-state index is 14.5. The number of pyridine rings is 2. The SMILES string of the molecule is Fc1cnc(-c2c[nH]c3ncc(Cl)cc23)nc1N[C@H]1CCCNC1.O=C(C1CCC1)N1CCC[C@H](Nc2nc(-c3c[nH]c4ncc(Cl)cc34)ncc2F)C1. The summed E-state index contributed by atoms with van der Waals surface area (Å²) < 4.78 is 28.6. The largest absolute Gasteiger partial charge is 0.364 e. The van der Waals surface area contributed by atoms with Crippen LogP contribution in [0.1, 0.15) is 44.9 Å². The molecule has 3 aliphatic rings. The van der Waals surface area contributed by atoms with Crippen molar-refractivity contribution in [1.29, 1.82) is 0 Å². The van der Waals surface area contributed by atoms with Gasteiger partial charge in [-0.25, -0.2) is 38.7 Å². The van der Waals surface area contributed by atoms with Crippen molar-refractivity contribution in [3.05, 3.63) is 71.0 Å². The highest BCUT2D eigenvalue weighted by atomic mass is 35.5. The number of carbonyl (C=O) groups is 1. The zero-order valence-electron chi connectivity index (χ0n) is 29.2. The highest BCUT2D eigenvalue weighted by molar-refractivity contribution is 6.31. The Balaban J connectivity index is 0.000000157. The van der Waals surface area contributed by atoms with Crippen LogP contribution in [-0.4, -0.2) is 88.9 Å². The van der Waals surface area contributed by atoms with Crippen molar-refractivity contribution >= 4 is 62.8 Å². The van der Waals surface area contributed by atoms with E-state index >= 15 is 0 Å².